The van der Waals surface area contributed by atoms with Crippen molar-refractivity contribution in [3.8, 4) is 0 Å². The molecule has 0 radical (unpaired) electrons. The number of hydrogen-bond donors (Lipinski definition) is 1. The van der Waals surface area contributed by atoms with Crippen LogP contribution in [0.3, 0.4) is 0 Å². The van der Waals surface area contributed by atoms with Gasteiger partial charge >= 0.3 is 0 Å². The minimum Gasteiger partial charge on any atom is -0.465 e. The first kappa shape index (κ1) is 13.1. The topological polar surface area (TPSA) is 54.2 Å². The molecule has 1 saturated heterocycles. The number of anilines is 1. The van der Waals surface area contributed by atoms with E-state index in [0.717, 1.165) is 49.2 Å². The van der Waals surface area contributed by atoms with Gasteiger partial charge in [0.1, 0.15) is 11.5 Å². The van der Waals surface area contributed by atoms with E-state index in [2.05, 4.69) is 20.4 Å². The van der Waals surface area contributed by atoms with E-state index in [4.69, 9.17) is 4.42 Å². The first-order chi connectivity index (χ1) is 9.70. The molecule has 0 bridgehead atoms. The van der Waals surface area contributed by atoms with Crippen LogP contribution in [-0.2, 0) is 6.54 Å². The second-order valence-electron chi connectivity index (χ2n) is 5.45. The third-order valence-corrected chi connectivity index (χ3v) is 3.59. The Hall–Kier alpha value is -1.88. The third-order valence-electron chi connectivity index (χ3n) is 3.59. The number of nitrogens with one attached hydrogen (secondary N) is 1. The lowest BCUT2D eigenvalue weighted by Gasteiger charge is -2.40. The highest BCUT2D eigenvalue weighted by Gasteiger charge is 2.27. The zero-order valence-corrected chi connectivity index (χ0v) is 12.0. The molecule has 1 fully saturated rings. The second-order valence-corrected chi connectivity index (χ2v) is 5.45. The first-order valence-electron chi connectivity index (χ1n) is 7.02. The summed E-state index contributed by atoms with van der Waals surface area (Å²) in [5.41, 5.74) is 0.959. The molecule has 1 N–H and O–H groups in total. The summed E-state index contributed by atoms with van der Waals surface area (Å²) in [4.78, 5) is 2.26. The smallest absolute Gasteiger partial charge is 0.151 e. The zero-order chi connectivity index (χ0) is 13.9. The Morgan fingerprint density at radius 1 is 1.20 bits per heavy atom. The van der Waals surface area contributed by atoms with Crippen molar-refractivity contribution in [2.45, 2.75) is 20.4 Å². The van der Waals surface area contributed by atoms with Crippen molar-refractivity contribution < 1.29 is 4.42 Å². The second kappa shape index (κ2) is 5.63. The van der Waals surface area contributed by atoms with Crippen LogP contribution in [0.15, 0.2) is 28.7 Å². The lowest BCUT2D eigenvalue weighted by atomic mass is 10.0. The standard InChI is InChI=1S/C15H20N4O/c1-11-3-6-15(18-17-11)19-9-13(10-19)7-16-8-14-5-4-12(2)20-14/h3-6,13,16H,7-10H2,1-2H3. The van der Waals surface area contributed by atoms with Crippen LogP contribution in [0.4, 0.5) is 5.82 Å². The van der Waals surface area contributed by atoms with Crippen molar-refractivity contribution in [2.24, 2.45) is 5.92 Å². The predicted molar refractivity (Wildman–Crippen MR) is 77.6 cm³/mol. The monoisotopic (exact) mass is 272 g/mol. The van der Waals surface area contributed by atoms with Gasteiger partial charge in [0.15, 0.2) is 5.82 Å². The maximum Gasteiger partial charge on any atom is 0.151 e. The molecular weight excluding hydrogens is 252 g/mol. The van der Waals surface area contributed by atoms with Gasteiger partial charge in [-0.2, -0.15) is 5.10 Å². The maximum absolute atomic E-state index is 5.53. The Kier molecular flexibility index (Phi) is 3.69. The molecule has 20 heavy (non-hydrogen) atoms. The van der Waals surface area contributed by atoms with Crippen LogP contribution in [0, 0.1) is 19.8 Å². The molecule has 0 amide bonds. The van der Waals surface area contributed by atoms with E-state index in [1.807, 2.05) is 38.1 Å². The predicted octanol–water partition coefficient (Wildman–Crippen LogP) is 1.91. The van der Waals surface area contributed by atoms with Gasteiger partial charge in [0, 0.05) is 25.6 Å². The molecule has 0 unspecified atom stereocenters. The van der Waals surface area contributed by atoms with Gasteiger partial charge in [0.05, 0.1) is 12.2 Å². The van der Waals surface area contributed by atoms with Crippen LogP contribution in [0.1, 0.15) is 17.2 Å². The Bertz CT molecular complexity index is 558. The summed E-state index contributed by atoms with van der Waals surface area (Å²) in [5.74, 6) is 3.63. The molecule has 106 valence electrons. The van der Waals surface area contributed by atoms with Gasteiger partial charge in [-0.3, -0.25) is 0 Å². The lowest BCUT2D eigenvalue weighted by molar-refractivity contribution is 0.369. The third kappa shape index (κ3) is 2.99. The number of furan rings is 1. The number of rotatable bonds is 5. The van der Waals surface area contributed by atoms with E-state index in [1.54, 1.807) is 0 Å². The van der Waals surface area contributed by atoms with Gasteiger partial charge in [-0.05, 0) is 38.1 Å². The number of nitrogens with zero attached hydrogens (tertiary/aromatic N) is 3. The highest BCUT2D eigenvalue weighted by molar-refractivity contribution is 5.40. The molecule has 0 saturated carbocycles. The average molecular weight is 272 g/mol. The van der Waals surface area contributed by atoms with E-state index in [9.17, 15) is 0 Å². The molecule has 0 spiro atoms. The van der Waals surface area contributed by atoms with Crippen LogP contribution in [0.5, 0.6) is 0 Å². The summed E-state index contributed by atoms with van der Waals surface area (Å²) in [7, 11) is 0. The number of hydrogen-bond acceptors (Lipinski definition) is 5. The Morgan fingerprint density at radius 3 is 2.70 bits per heavy atom. The molecule has 1 aliphatic heterocycles. The summed E-state index contributed by atoms with van der Waals surface area (Å²) < 4.78 is 5.53. The fourth-order valence-corrected chi connectivity index (χ4v) is 2.43. The van der Waals surface area contributed by atoms with Crippen molar-refractivity contribution in [1.29, 1.82) is 0 Å². The zero-order valence-electron chi connectivity index (χ0n) is 12.0. The summed E-state index contributed by atoms with van der Waals surface area (Å²) >= 11 is 0. The number of aromatic nitrogens is 2. The molecule has 5 nitrogen and oxygen atoms in total. The largest absolute Gasteiger partial charge is 0.465 e. The maximum atomic E-state index is 5.53. The Morgan fingerprint density at radius 2 is 2.05 bits per heavy atom. The van der Waals surface area contributed by atoms with E-state index >= 15 is 0 Å². The van der Waals surface area contributed by atoms with Gasteiger partial charge in [0.25, 0.3) is 0 Å². The summed E-state index contributed by atoms with van der Waals surface area (Å²) in [6.07, 6.45) is 0. The van der Waals surface area contributed by atoms with Crippen molar-refractivity contribution in [2.75, 3.05) is 24.5 Å². The average Bonchev–Trinajstić information content (AvgIpc) is 2.80. The molecule has 5 heteroatoms. The van der Waals surface area contributed by atoms with Crippen molar-refractivity contribution >= 4 is 5.82 Å². The highest BCUT2D eigenvalue weighted by atomic mass is 16.3. The van der Waals surface area contributed by atoms with Gasteiger partial charge in [-0.25, -0.2) is 0 Å². The summed E-state index contributed by atoms with van der Waals surface area (Å²) in [5, 5.41) is 11.7. The molecule has 2 aromatic rings. The van der Waals surface area contributed by atoms with Crippen LogP contribution < -0.4 is 10.2 Å². The van der Waals surface area contributed by atoms with Crippen LogP contribution in [-0.4, -0.2) is 29.8 Å². The fourth-order valence-electron chi connectivity index (χ4n) is 2.43. The molecule has 3 heterocycles. The Labute approximate surface area is 119 Å². The molecule has 2 aromatic heterocycles. The van der Waals surface area contributed by atoms with Crippen LogP contribution in [0.25, 0.3) is 0 Å². The van der Waals surface area contributed by atoms with Gasteiger partial charge in [-0.1, -0.05) is 0 Å². The minimum atomic E-state index is 0.675. The fraction of sp³-hybridized carbons (Fsp3) is 0.467. The van der Waals surface area contributed by atoms with Gasteiger partial charge < -0.3 is 14.6 Å². The summed E-state index contributed by atoms with van der Waals surface area (Å²) in [6, 6.07) is 8.07. The quantitative estimate of drug-likeness (QED) is 0.901. The Balaban J connectivity index is 1.39. The highest BCUT2D eigenvalue weighted by Crippen LogP contribution is 2.21. The lowest BCUT2D eigenvalue weighted by Crippen LogP contribution is -2.51. The summed E-state index contributed by atoms with van der Waals surface area (Å²) in [6.45, 7) is 7.82. The molecule has 0 aliphatic carbocycles. The minimum absolute atomic E-state index is 0.675. The van der Waals surface area contributed by atoms with Crippen LogP contribution in [0.2, 0.25) is 0 Å². The SMILES string of the molecule is Cc1ccc(N2CC(CNCc3ccc(C)o3)C2)nn1. The molecule has 0 atom stereocenters. The van der Waals surface area contributed by atoms with Crippen molar-refractivity contribution in [1.82, 2.24) is 15.5 Å². The van der Waals surface area contributed by atoms with Crippen LogP contribution >= 0.6 is 0 Å². The molecule has 3 rings (SSSR count). The normalized spacial score (nSPS) is 15.4. The molecular formula is C15H20N4O. The van der Waals surface area contributed by atoms with Gasteiger partial charge in [-0.15, -0.1) is 5.10 Å². The van der Waals surface area contributed by atoms with Gasteiger partial charge in [0.2, 0.25) is 0 Å². The van der Waals surface area contributed by atoms with E-state index in [1.165, 1.54) is 0 Å². The molecule has 1 aliphatic rings. The van der Waals surface area contributed by atoms with E-state index < -0.39 is 0 Å². The molecule has 0 aromatic carbocycles. The van der Waals surface area contributed by atoms with Crippen molar-refractivity contribution in [3.63, 3.8) is 0 Å². The van der Waals surface area contributed by atoms with E-state index in [-0.39, 0.29) is 0 Å². The van der Waals surface area contributed by atoms with E-state index in [0.29, 0.717) is 5.92 Å². The first-order valence-corrected chi connectivity index (χ1v) is 7.02. The number of aryl methyl sites for hydroxylation is 2. The van der Waals surface area contributed by atoms with Crippen molar-refractivity contribution in [3.05, 3.63) is 41.5 Å².